The molecule has 0 atom stereocenters. The van der Waals surface area contributed by atoms with Crippen LogP contribution in [0.5, 0.6) is 0 Å². The van der Waals surface area contributed by atoms with Gasteiger partial charge in [-0.05, 0) is 18.2 Å². The topological polar surface area (TPSA) is 91.4 Å². The van der Waals surface area contributed by atoms with E-state index in [9.17, 15) is 5.26 Å². The molecule has 0 aliphatic carbocycles. The Morgan fingerprint density at radius 1 is 1.11 bits per heavy atom. The molecule has 1 N–H and O–H groups in total. The summed E-state index contributed by atoms with van der Waals surface area (Å²) in [5.41, 5.74) is 4.21. The summed E-state index contributed by atoms with van der Waals surface area (Å²) in [7, 11) is 0. The Morgan fingerprint density at radius 3 is 2.82 bits per heavy atom. The zero-order valence-corrected chi connectivity index (χ0v) is 15.3. The van der Waals surface area contributed by atoms with Gasteiger partial charge < -0.3 is 10.1 Å². The number of imidazole rings is 1. The first kappa shape index (κ1) is 16.9. The predicted molar refractivity (Wildman–Crippen MR) is 106 cm³/mol. The van der Waals surface area contributed by atoms with Crippen LogP contribution in [0.15, 0.2) is 36.5 Å². The Bertz CT molecular complexity index is 1200. The van der Waals surface area contributed by atoms with Gasteiger partial charge in [0.1, 0.15) is 17.4 Å². The maximum atomic E-state index is 9.54. The van der Waals surface area contributed by atoms with Gasteiger partial charge in [0, 0.05) is 26.2 Å². The zero-order valence-electron chi connectivity index (χ0n) is 15.3. The number of ether oxygens (including phenoxy) is 1. The number of anilines is 1. The van der Waals surface area contributed by atoms with Gasteiger partial charge in [0.25, 0.3) is 0 Å². The molecular weight excluding hydrogens is 354 g/mol. The fourth-order valence-corrected chi connectivity index (χ4v) is 3.61. The van der Waals surface area contributed by atoms with E-state index < -0.39 is 0 Å². The Morgan fingerprint density at radius 2 is 1.96 bits per heavy atom. The van der Waals surface area contributed by atoms with Gasteiger partial charge in [-0.1, -0.05) is 12.1 Å². The summed E-state index contributed by atoms with van der Waals surface area (Å²) in [6.45, 7) is 5.23. The molecule has 1 aliphatic rings. The number of pyridine rings is 1. The van der Waals surface area contributed by atoms with E-state index in [-0.39, 0.29) is 0 Å². The van der Waals surface area contributed by atoms with Crippen LogP contribution in [0, 0.1) is 11.3 Å². The number of para-hydroxylation sites is 2. The molecule has 5 rings (SSSR count). The molecule has 1 aliphatic heterocycles. The monoisotopic (exact) mass is 373 g/mol. The Labute approximate surface area is 161 Å². The minimum Gasteiger partial charge on any atom is -0.379 e. The molecule has 28 heavy (non-hydrogen) atoms. The number of benzene rings is 1. The molecule has 1 saturated heterocycles. The lowest BCUT2D eigenvalue weighted by Crippen LogP contribution is -2.39. The Balaban J connectivity index is 1.53. The van der Waals surface area contributed by atoms with E-state index in [0.717, 1.165) is 50.4 Å². The zero-order chi connectivity index (χ0) is 18.9. The van der Waals surface area contributed by atoms with Crippen molar-refractivity contribution in [2.45, 2.75) is 0 Å². The molecule has 0 bridgehead atoms. The maximum absolute atomic E-state index is 9.54. The van der Waals surface area contributed by atoms with Crippen molar-refractivity contribution in [3.8, 4) is 6.07 Å². The Hall–Kier alpha value is -3.28. The molecule has 8 nitrogen and oxygen atoms in total. The van der Waals surface area contributed by atoms with E-state index in [2.05, 4.69) is 26.3 Å². The molecule has 4 heterocycles. The fraction of sp³-hybridized carbons (Fsp3) is 0.300. The van der Waals surface area contributed by atoms with Gasteiger partial charge in [0.15, 0.2) is 11.3 Å². The van der Waals surface area contributed by atoms with Crippen LogP contribution >= 0.6 is 0 Å². The molecule has 4 aromatic rings. The van der Waals surface area contributed by atoms with Crippen molar-refractivity contribution in [2.75, 3.05) is 44.7 Å². The van der Waals surface area contributed by atoms with Crippen molar-refractivity contribution < 1.29 is 4.74 Å². The highest BCUT2D eigenvalue weighted by atomic mass is 16.5. The van der Waals surface area contributed by atoms with Crippen molar-refractivity contribution >= 4 is 33.7 Å². The van der Waals surface area contributed by atoms with Crippen LogP contribution in [0.1, 0.15) is 5.56 Å². The molecule has 0 radical (unpaired) electrons. The van der Waals surface area contributed by atoms with Gasteiger partial charge >= 0.3 is 0 Å². The largest absolute Gasteiger partial charge is 0.379 e. The van der Waals surface area contributed by atoms with Crippen LogP contribution in [0.2, 0.25) is 0 Å². The normalized spacial score (nSPS) is 15.2. The van der Waals surface area contributed by atoms with Crippen LogP contribution in [-0.4, -0.2) is 63.6 Å². The second-order valence-electron chi connectivity index (χ2n) is 6.77. The number of rotatable bonds is 4. The van der Waals surface area contributed by atoms with Crippen molar-refractivity contribution in [3.63, 3.8) is 0 Å². The van der Waals surface area contributed by atoms with Gasteiger partial charge in [0.2, 0.25) is 0 Å². The molecule has 0 amide bonds. The third kappa shape index (κ3) is 2.91. The fourth-order valence-electron chi connectivity index (χ4n) is 3.61. The summed E-state index contributed by atoms with van der Waals surface area (Å²) < 4.78 is 7.30. The lowest BCUT2D eigenvalue weighted by Gasteiger charge is -2.26. The highest BCUT2D eigenvalue weighted by Crippen LogP contribution is 2.24. The van der Waals surface area contributed by atoms with E-state index in [1.807, 2.05) is 28.7 Å². The number of morpholine rings is 1. The lowest BCUT2D eigenvalue weighted by atomic mass is 10.2. The molecule has 0 saturated carbocycles. The van der Waals surface area contributed by atoms with Crippen LogP contribution in [0.4, 0.5) is 5.82 Å². The summed E-state index contributed by atoms with van der Waals surface area (Å²) in [4.78, 5) is 16.3. The number of nitriles is 1. The molecule has 0 spiro atoms. The minimum atomic E-state index is 0.492. The van der Waals surface area contributed by atoms with E-state index in [1.54, 1.807) is 12.3 Å². The smallest absolute Gasteiger partial charge is 0.167 e. The van der Waals surface area contributed by atoms with Gasteiger partial charge in [-0.3, -0.25) is 9.30 Å². The molecule has 8 heteroatoms. The van der Waals surface area contributed by atoms with Gasteiger partial charge in [-0.2, -0.15) is 5.26 Å². The third-order valence-corrected chi connectivity index (χ3v) is 5.03. The number of hydrogen-bond acceptors (Lipinski definition) is 7. The summed E-state index contributed by atoms with van der Waals surface area (Å²) in [5, 5.41) is 12.9. The molecule has 1 aromatic carbocycles. The SMILES string of the molecule is N#Cc1cc2ncc(NCCN3CCOCC3)nc2n2c1nc1ccccc12. The summed E-state index contributed by atoms with van der Waals surface area (Å²) in [5.74, 6) is 0.713. The van der Waals surface area contributed by atoms with Gasteiger partial charge in [-0.15, -0.1) is 0 Å². The van der Waals surface area contributed by atoms with Gasteiger partial charge in [0.05, 0.1) is 36.0 Å². The van der Waals surface area contributed by atoms with Crippen LogP contribution < -0.4 is 5.32 Å². The Kier molecular flexibility index (Phi) is 4.24. The van der Waals surface area contributed by atoms with Crippen LogP contribution in [0.3, 0.4) is 0 Å². The first-order valence-electron chi connectivity index (χ1n) is 9.34. The number of hydrogen-bond donors (Lipinski definition) is 1. The van der Waals surface area contributed by atoms with Crippen LogP contribution in [-0.2, 0) is 4.74 Å². The van der Waals surface area contributed by atoms with Crippen molar-refractivity contribution in [1.29, 1.82) is 5.26 Å². The highest BCUT2D eigenvalue weighted by molar-refractivity contribution is 5.90. The number of fused-ring (bicyclic) bond motifs is 5. The lowest BCUT2D eigenvalue weighted by molar-refractivity contribution is 0.0398. The molecule has 1 fully saturated rings. The average Bonchev–Trinajstić information content (AvgIpc) is 3.14. The molecular formula is C20H19N7O. The van der Waals surface area contributed by atoms with E-state index >= 15 is 0 Å². The second kappa shape index (κ2) is 7.03. The first-order valence-corrected chi connectivity index (χ1v) is 9.34. The van der Waals surface area contributed by atoms with Crippen molar-refractivity contribution in [1.82, 2.24) is 24.3 Å². The van der Waals surface area contributed by atoms with E-state index in [0.29, 0.717) is 28.2 Å². The third-order valence-electron chi connectivity index (χ3n) is 5.03. The second-order valence-corrected chi connectivity index (χ2v) is 6.77. The quantitative estimate of drug-likeness (QED) is 0.585. The molecule has 3 aromatic heterocycles. The predicted octanol–water partition coefficient (Wildman–Crippen LogP) is 2.05. The standard InChI is InChI=1S/C20H19N7O/c21-12-14-11-16-20(27-17-4-2-1-3-15(17)24-19(14)27)25-18(13-23-16)22-5-6-26-7-9-28-10-8-26/h1-4,11,13H,5-10H2,(H,22,25). The van der Waals surface area contributed by atoms with Crippen LogP contribution in [0.25, 0.3) is 27.8 Å². The first-order chi connectivity index (χ1) is 13.8. The average molecular weight is 373 g/mol. The van der Waals surface area contributed by atoms with E-state index in [4.69, 9.17) is 9.72 Å². The molecule has 0 unspecified atom stereocenters. The summed E-state index contributed by atoms with van der Waals surface area (Å²) in [6, 6.07) is 11.8. The van der Waals surface area contributed by atoms with Crippen molar-refractivity contribution in [3.05, 3.63) is 42.1 Å². The maximum Gasteiger partial charge on any atom is 0.167 e. The summed E-state index contributed by atoms with van der Waals surface area (Å²) >= 11 is 0. The number of nitrogens with zero attached hydrogens (tertiary/aromatic N) is 6. The highest BCUT2D eigenvalue weighted by Gasteiger charge is 2.15. The van der Waals surface area contributed by atoms with E-state index in [1.165, 1.54) is 0 Å². The summed E-state index contributed by atoms with van der Waals surface area (Å²) in [6.07, 6.45) is 1.72. The minimum absolute atomic E-state index is 0.492. The molecule has 140 valence electrons. The van der Waals surface area contributed by atoms with Gasteiger partial charge in [-0.25, -0.2) is 15.0 Å². The number of nitrogens with one attached hydrogen (secondary N) is 1. The number of aromatic nitrogens is 4. The van der Waals surface area contributed by atoms with Crippen molar-refractivity contribution in [2.24, 2.45) is 0 Å².